The molecule has 0 spiro atoms. The van der Waals surface area contributed by atoms with E-state index in [1.807, 2.05) is 65.5 Å². The quantitative estimate of drug-likeness (QED) is 0.620. The van der Waals surface area contributed by atoms with Crippen molar-refractivity contribution in [2.75, 3.05) is 13.1 Å². The molecule has 29 heavy (non-hydrogen) atoms. The standard InChI is InChI=1S/C22H23ClN4O.ClH/c23-18-10-8-16(9-11-18)22-17(13-21(28)25-14-19-5-4-12-24-19)15-27(26-22)20-6-2-1-3-7-20;/h1-3,6-11,15,19,24H,4-5,12-14H2,(H,25,28);1H. The van der Waals surface area contributed by atoms with Crippen molar-refractivity contribution in [3.63, 3.8) is 0 Å². The number of amides is 1. The maximum Gasteiger partial charge on any atom is 0.224 e. The van der Waals surface area contributed by atoms with Crippen LogP contribution in [-0.4, -0.2) is 34.8 Å². The third-order valence-corrected chi connectivity index (χ3v) is 5.24. The maximum atomic E-state index is 12.6. The van der Waals surface area contributed by atoms with Crippen molar-refractivity contribution < 1.29 is 4.79 Å². The third kappa shape index (κ3) is 5.38. The zero-order valence-electron chi connectivity index (χ0n) is 16.0. The van der Waals surface area contributed by atoms with Crippen LogP contribution in [0.25, 0.3) is 16.9 Å². The zero-order valence-corrected chi connectivity index (χ0v) is 17.5. The Kier molecular flexibility index (Phi) is 7.31. The first-order valence-corrected chi connectivity index (χ1v) is 9.97. The van der Waals surface area contributed by atoms with Gasteiger partial charge in [0.2, 0.25) is 5.91 Å². The number of carbonyl (C=O) groups is 1. The number of hydrogen-bond acceptors (Lipinski definition) is 3. The maximum absolute atomic E-state index is 12.6. The van der Waals surface area contributed by atoms with Gasteiger partial charge in [-0.15, -0.1) is 12.4 Å². The summed E-state index contributed by atoms with van der Waals surface area (Å²) in [6, 6.07) is 17.8. The monoisotopic (exact) mass is 430 g/mol. The number of aromatic nitrogens is 2. The Balaban J connectivity index is 0.00000240. The van der Waals surface area contributed by atoms with E-state index in [0.29, 0.717) is 17.6 Å². The van der Waals surface area contributed by atoms with Crippen LogP contribution in [0.3, 0.4) is 0 Å². The Bertz CT molecular complexity index is 935. The largest absolute Gasteiger partial charge is 0.354 e. The number of carbonyl (C=O) groups excluding carboxylic acids is 1. The molecule has 0 radical (unpaired) electrons. The van der Waals surface area contributed by atoms with E-state index in [0.717, 1.165) is 35.5 Å². The fraction of sp³-hybridized carbons (Fsp3) is 0.273. The molecule has 4 rings (SSSR count). The summed E-state index contributed by atoms with van der Waals surface area (Å²) in [6.45, 7) is 1.70. The minimum atomic E-state index is 0. The SMILES string of the molecule is Cl.O=C(Cc1cn(-c2ccccc2)nc1-c1ccc(Cl)cc1)NCC1CCCN1. The van der Waals surface area contributed by atoms with Crippen LogP contribution in [0.2, 0.25) is 5.02 Å². The molecule has 1 saturated heterocycles. The zero-order chi connectivity index (χ0) is 19.3. The van der Waals surface area contributed by atoms with Crippen molar-refractivity contribution in [2.24, 2.45) is 0 Å². The summed E-state index contributed by atoms with van der Waals surface area (Å²) in [5.41, 5.74) is 3.59. The summed E-state index contributed by atoms with van der Waals surface area (Å²) in [5, 5.41) is 11.9. The van der Waals surface area contributed by atoms with Crippen LogP contribution in [0.5, 0.6) is 0 Å². The van der Waals surface area contributed by atoms with E-state index in [-0.39, 0.29) is 24.7 Å². The number of nitrogens with one attached hydrogen (secondary N) is 2. The molecule has 2 aromatic carbocycles. The molecule has 1 amide bonds. The van der Waals surface area contributed by atoms with Gasteiger partial charge in [0.05, 0.1) is 17.8 Å². The third-order valence-electron chi connectivity index (χ3n) is 4.99. The van der Waals surface area contributed by atoms with E-state index in [9.17, 15) is 4.79 Å². The second-order valence-corrected chi connectivity index (χ2v) is 7.50. The van der Waals surface area contributed by atoms with Gasteiger partial charge in [-0.2, -0.15) is 5.10 Å². The van der Waals surface area contributed by atoms with Crippen molar-refractivity contribution in [3.8, 4) is 16.9 Å². The molecule has 0 aliphatic carbocycles. The van der Waals surface area contributed by atoms with Gasteiger partial charge < -0.3 is 10.6 Å². The van der Waals surface area contributed by atoms with E-state index < -0.39 is 0 Å². The van der Waals surface area contributed by atoms with E-state index in [1.165, 1.54) is 6.42 Å². The molecular weight excluding hydrogens is 407 g/mol. The molecule has 1 atom stereocenters. The molecule has 0 saturated carbocycles. The molecule has 7 heteroatoms. The number of benzene rings is 2. The summed E-state index contributed by atoms with van der Waals surface area (Å²) in [6.07, 6.45) is 4.51. The van der Waals surface area contributed by atoms with Gasteiger partial charge in [0.1, 0.15) is 0 Å². The molecule has 1 aliphatic heterocycles. The van der Waals surface area contributed by atoms with Crippen LogP contribution in [-0.2, 0) is 11.2 Å². The van der Waals surface area contributed by atoms with Gasteiger partial charge in [-0.3, -0.25) is 4.79 Å². The average molecular weight is 431 g/mol. The van der Waals surface area contributed by atoms with Gasteiger partial charge in [-0.25, -0.2) is 4.68 Å². The van der Waals surface area contributed by atoms with Gasteiger partial charge in [0.25, 0.3) is 0 Å². The number of hydrogen-bond donors (Lipinski definition) is 2. The van der Waals surface area contributed by atoms with Gasteiger partial charge in [-0.1, -0.05) is 41.9 Å². The highest BCUT2D eigenvalue weighted by Crippen LogP contribution is 2.25. The first-order valence-electron chi connectivity index (χ1n) is 9.59. The molecule has 2 heterocycles. The summed E-state index contributed by atoms with van der Waals surface area (Å²) >= 11 is 6.03. The van der Waals surface area contributed by atoms with E-state index in [1.54, 1.807) is 0 Å². The Morgan fingerprint density at radius 2 is 1.93 bits per heavy atom. The first-order chi connectivity index (χ1) is 13.7. The number of halogens is 2. The normalized spacial score (nSPS) is 15.7. The van der Waals surface area contributed by atoms with E-state index in [2.05, 4.69) is 10.6 Å². The molecule has 2 N–H and O–H groups in total. The lowest BCUT2D eigenvalue weighted by molar-refractivity contribution is -0.120. The van der Waals surface area contributed by atoms with E-state index in [4.69, 9.17) is 16.7 Å². The highest BCUT2D eigenvalue weighted by atomic mass is 35.5. The number of para-hydroxylation sites is 1. The molecule has 1 unspecified atom stereocenters. The van der Waals surface area contributed by atoms with Crippen molar-refractivity contribution in [2.45, 2.75) is 25.3 Å². The van der Waals surface area contributed by atoms with Crippen molar-refractivity contribution >= 4 is 29.9 Å². The molecule has 152 valence electrons. The molecular formula is C22H24Cl2N4O. The van der Waals surface area contributed by atoms with Crippen LogP contribution in [0.1, 0.15) is 18.4 Å². The lowest BCUT2D eigenvalue weighted by Gasteiger charge is -2.11. The average Bonchev–Trinajstić information content (AvgIpc) is 3.38. The minimum absolute atomic E-state index is 0. The highest BCUT2D eigenvalue weighted by Gasteiger charge is 2.18. The molecule has 1 aromatic heterocycles. The number of nitrogens with zero attached hydrogens (tertiary/aromatic N) is 2. The number of rotatable bonds is 6. The predicted octanol–water partition coefficient (Wildman–Crippen LogP) is 4.03. The van der Waals surface area contributed by atoms with Crippen LogP contribution < -0.4 is 10.6 Å². The van der Waals surface area contributed by atoms with Crippen molar-refractivity contribution in [1.29, 1.82) is 0 Å². The van der Waals surface area contributed by atoms with Crippen LogP contribution in [0.4, 0.5) is 0 Å². The van der Waals surface area contributed by atoms with Gasteiger partial charge in [0.15, 0.2) is 0 Å². The fourth-order valence-electron chi connectivity index (χ4n) is 3.51. The highest BCUT2D eigenvalue weighted by molar-refractivity contribution is 6.30. The van der Waals surface area contributed by atoms with Crippen molar-refractivity contribution in [3.05, 3.63) is 71.4 Å². The topological polar surface area (TPSA) is 59.0 Å². The summed E-state index contributed by atoms with van der Waals surface area (Å²) in [4.78, 5) is 12.6. The van der Waals surface area contributed by atoms with Gasteiger partial charge in [-0.05, 0) is 43.7 Å². The second-order valence-electron chi connectivity index (χ2n) is 7.06. The van der Waals surface area contributed by atoms with Gasteiger partial charge >= 0.3 is 0 Å². The molecule has 5 nitrogen and oxygen atoms in total. The first kappa shape index (κ1) is 21.4. The molecule has 1 fully saturated rings. The molecule has 3 aromatic rings. The lowest BCUT2D eigenvalue weighted by atomic mass is 10.1. The molecule has 0 bridgehead atoms. The predicted molar refractivity (Wildman–Crippen MR) is 119 cm³/mol. The summed E-state index contributed by atoms with van der Waals surface area (Å²) in [5.74, 6) is 0.0107. The Morgan fingerprint density at radius 1 is 1.17 bits per heavy atom. The summed E-state index contributed by atoms with van der Waals surface area (Å²) < 4.78 is 1.82. The smallest absolute Gasteiger partial charge is 0.224 e. The minimum Gasteiger partial charge on any atom is -0.354 e. The van der Waals surface area contributed by atoms with Crippen molar-refractivity contribution in [1.82, 2.24) is 20.4 Å². The Labute approximate surface area is 181 Å². The van der Waals surface area contributed by atoms with Crippen LogP contribution >= 0.6 is 24.0 Å². The summed E-state index contributed by atoms with van der Waals surface area (Å²) in [7, 11) is 0. The molecule has 1 aliphatic rings. The fourth-order valence-corrected chi connectivity index (χ4v) is 3.63. The van der Waals surface area contributed by atoms with Crippen LogP contribution in [0, 0.1) is 0 Å². The Morgan fingerprint density at radius 3 is 2.62 bits per heavy atom. The van der Waals surface area contributed by atoms with Crippen LogP contribution in [0.15, 0.2) is 60.8 Å². The Hall–Kier alpha value is -2.34. The second kappa shape index (κ2) is 9.92. The lowest BCUT2D eigenvalue weighted by Crippen LogP contribution is -2.37. The van der Waals surface area contributed by atoms with E-state index >= 15 is 0 Å². The van der Waals surface area contributed by atoms with Gasteiger partial charge in [0, 0.05) is 34.9 Å².